The van der Waals surface area contributed by atoms with E-state index < -0.39 is 18.1 Å². The van der Waals surface area contributed by atoms with Crippen LogP contribution in [0.3, 0.4) is 0 Å². The van der Waals surface area contributed by atoms with Gasteiger partial charge in [-0.1, -0.05) is 54.6 Å². The monoisotopic (exact) mass is 462 g/mol. The smallest absolute Gasteiger partial charge is 0.407 e. The fourth-order valence-corrected chi connectivity index (χ4v) is 4.99. The molecule has 0 heterocycles. The van der Waals surface area contributed by atoms with Crippen molar-refractivity contribution in [2.75, 3.05) is 6.61 Å². The van der Waals surface area contributed by atoms with Crippen LogP contribution in [0.4, 0.5) is 4.79 Å². The maximum atomic E-state index is 12.5. The molecule has 0 aromatic heterocycles. The Labute approximate surface area is 199 Å². The van der Waals surface area contributed by atoms with E-state index in [1.165, 1.54) is 11.1 Å². The average Bonchev–Trinajstić information content (AvgIpc) is 3.43. The summed E-state index contributed by atoms with van der Waals surface area (Å²) in [5.41, 5.74) is 4.64. The summed E-state index contributed by atoms with van der Waals surface area (Å²) in [6, 6.07) is 15.2. The molecule has 2 aromatic rings. The number of benzene rings is 2. The van der Waals surface area contributed by atoms with Gasteiger partial charge in [0.15, 0.2) is 0 Å². The van der Waals surface area contributed by atoms with Crippen LogP contribution in [0.5, 0.6) is 0 Å². The number of carbonyl (C=O) groups excluding carboxylic acids is 2. The third kappa shape index (κ3) is 5.14. The number of ether oxygens (including phenoxy) is 1. The summed E-state index contributed by atoms with van der Waals surface area (Å²) in [5.74, 6) is -1.68. The zero-order chi connectivity index (χ0) is 24.1. The van der Waals surface area contributed by atoms with Crippen molar-refractivity contribution in [3.63, 3.8) is 0 Å². The second-order valence-electron chi connectivity index (χ2n) is 8.94. The highest BCUT2D eigenvalue weighted by molar-refractivity contribution is 5.85. The van der Waals surface area contributed by atoms with Crippen molar-refractivity contribution in [1.29, 1.82) is 0 Å². The van der Waals surface area contributed by atoms with Crippen LogP contribution >= 0.6 is 0 Å². The lowest BCUT2D eigenvalue weighted by atomic mass is 9.98. The molecule has 34 heavy (non-hydrogen) atoms. The van der Waals surface area contributed by atoms with Crippen LogP contribution in [-0.4, -0.2) is 41.8 Å². The first kappa shape index (κ1) is 23.5. The average molecular weight is 463 g/mol. The van der Waals surface area contributed by atoms with E-state index in [9.17, 15) is 19.5 Å². The molecule has 178 valence electrons. The molecular formula is C27H30N2O5. The van der Waals surface area contributed by atoms with Crippen molar-refractivity contribution < 1.29 is 24.2 Å². The lowest BCUT2D eigenvalue weighted by Crippen LogP contribution is -2.43. The summed E-state index contributed by atoms with van der Waals surface area (Å²) in [5, 5.41) is 14.8. The molecule has 3 atom stereocenters. The Balaban J connectivity index is 1.28. The van der Waals surface area contributed by atoms with Gasteiger partial charge in [-0.2, -0.15) is 0 Å². The van der Waals surface area contributed by atoms with Crippen LogP contribution in [0.25, 0.3) is 11.1 Å². The molecule has 2 amide bonds. The van der Waals surface area contributed by atoms with Crippen molar-refractivity contribution in [3.05, 3.63) is 72.3 Å². The summed E-state index contributed by atoms with van der Waals surface area (Å²) in [7, 11) is 0. The van der Waals surface area contributed by atoms with Gasteiger partial charge < -0.3 is 20.5 Å². The van der Waals surface area contributed by atoms with E-state index in [4.69, 9.17) is 4.74 Å². The maximum Gasteiger partial charge on any atom is 0.407 e. The molecular weight excluding hydrogens is 432 g/mol. The van der Waals surface area contributed by atoms with Gasteiger partial charge in [-0.15, -0.1) is 6.58 Å². The van der Waals surface area contributed by atoms with Crippen molar-refractivity contribution >= 4 is 18.0 Å². The maximum absolute atomic E-state index is 12.5. The molecule has 0 saturated heterocycles. The van der Waals surface area contributed by atoms with Gasteiger partial charge >= 0.3 is 12.1 Å². The Bertz CT molecular complexity index is 1040. The van der Waals surface area contributed by atoms with E-state index in [0.29, 0.717) is 32.1 Å². The Morgan fingerprint density at radius 1 is 1.06 bits per heavy atom. The Hall–Kier alpha value is -3.61. The molecule has 0 aliphatic heterocycles. The molecule has 0 radical (unpaired) electrons. The van der Waals surface area contributed by atoms with Gasteiger partial charge in [0.25, 0.3) is 0 Å². The molecule has 1 unspecified atom stereocenters. The van der Waals surface area contributed by atoms with Crippen molar-refractivity contribution in [2.24, 2.45) is 5.92 Å². The highest BCUT2D eigenvalue weighted by Gasteiger charge is 2.34. The van der Waals surface area contributed by atoms with E-state index in [0.717, 1.165) is 11.1 Å². The molecule has 4 rings (SSSR count). The number of alkyl carbamates (subject to hydrolysis) is 1. The van der Waals surface area contributed by atoms with Gasteiger partial charge in [0.2, 0.25) is 5.91 Å². The third-order valence-corrected chi connectivity index (χ3v) is 6.74. The minimum Gasteiger partial charge on any atom is -0.480 e. The second kappa shape index (κ2) is 10.5. The molecule has 2 aliphatic rings. The number of amides is 2. The number of hydrogen-bond donors (Lipinski definition) is 3. The highest BCUT2D eigenvalue weighted by Crippen LogP contribution is 2.44. The largest absolute Gasteiger partial charge is 0.480 e. The molecule has 0 spiro atoms. The summed E-state index contributed by atoms with van der Waals surface area (Å²) in [6.45, 7) is 3.83. The summed E-state index contributed by atoms with van der Waals surface area (Å²) >= 11 is 0. The quantitative estimate of drug-likeness (QED) is 0.484. The molecule has 0 bridgehead atoms. The summed E-state index contributed by atoms with van der Waals surface area (Å²) in [6.07, 6.45) is 3.64. The first-order valence-corrected chi connectivity index (χ1v) is 11.7. The zero-order valence-electron chi connectivity index (χ0n) is 19.0. The third-order valence-electron chi connectivity index (χ3n) is 6.74. The van der Waals surface area contributed by atoms with E-state index in [2.05, 4.69) is 41.5 Å². The first-order chi connectivity index (χ1) is 16.5. The summed E-state index contributed by atoms with van der Waals surface area (Å²) < 4.78 is 5.60. The number of fused-ring (bicyclic) bond motifs is 3. The Kier molecular flexibility index (Phi) is 7.30. The van der Waals surface area contributed by atoms with Gasteiger partial charge in [-0.05, 0) is 54.4 Å². The number of carboxylic acids is 1. The van der Waals surface area contributed by atoms with Crippen LogP contribution in [0.1, 0.15) is 49.1 Å². The fraction of sp³-hybridized carbons (Fsp3) is 0.370. The number of rotatable bonds is 9. The number of aliphatic carboxylic acids is 1. The van der Waals surface area contributed by atoms with Crippen molar-refractivity contribution in [3.8, 4) is 11.1 Å². The predicted octanol–water partition coefficient (Wildman–Crippen LogP) is 4.23. The normalized spacial score (nSPS) is 19.5. The van der Waals surface area contributed by atoms with Crippen molar-refractivity contribution in [2.45, 2.75) is 50.1 Å². The van der Waals surface area contributed by atoms with Crippen LogP contribution in [0, 0.1) is 5.92 Å². The SMILES string of the molecule is C=CCCC(NC(=O)[C@H]1CC[C@@H](NC(=O)OCC2c3ccccc3-c3ccccc32)C1)C(=O)O. The number of allylic oxidation sites excluding steroid dienone is 1. The van der Waals surface area contributed by atoms with Crippen LogP contribution in [-0.2, 0) is 14.3 Å². The first-order valence-electron chi connectivity index (χ1n) is 11.7. The van der Waals surface area contributed by atoms with E-state index >= 15 is 0 Å². The summed E-state index contributed by atoms with van der Waals surface area (Å²) in [4.78, 5) is 36.4. The number of hydrogen-bond acceptors (Lipinski definition) is 4. The van der Waals surface area contributed by atoms with Gasteiger partial charge in [-0.3, -0.25) is 4.79 Å². The standard InChI is InChI=1S/C27H30N2O5/c1-2-3-12-24(26(31)32)29-25(30)17-13-14-18(15-17)28-27(33)34-16-23-21-10-6-4-8-19(21)20-9-5-7-11-22(20)23/h2,4-11,17-18,23-24H,1,3,12-16H2,(H,28,33)(H,29,30)(H,31,32)/t17-,18+,24?/m0/s1. The number of carboxylic acid groups (broad SMARTS) is 1. The molecule has 3 N–H and O–H groups in total. The zero-order valence-corrected chi connectivity index (χ0v) is 19.0. The minimum atomic E-state index is -1.05. The van der Waals surface area contributed by atoms with E-state index in [1.54, 1.807) is 6.08 Å². The molecule has 2 aromatic carbocycles. The van der Waals surface area contributed by atoms with Crippen LogP contribution in [0.15, 0.2) is 61.2 Å². The Morgan fingerprint density at radius 3 is 2.32 bits per heavy atom. The minimum absolute atomic E-state index is 0.0104. The molecule has 7 nitrogen and oxygen atoms in total. The topological polar surface area (TPSA) is 105 Å². The van der Waals surface area contributed by atoms with Gasteiger partial charge in [0.1, 0.15) is 12.6 Å². The molecule has 2 aliphatic carbocycles. The van der Waals surface area contributed by atoms with Crippen LogP contribution < -0.4 is 10.6 Å². The van der Waals surface area contributed by atoms with Gasteiger partial charge in [-0.25, -0.2) is 9.59 Å². The van der Waals surface area contributed by atoms with E-state index in [-0.39, 0.29) is 30.4 Å². The van der Waals surface area contributed by atoms with Gasteiger partial charge in [0, 0.05) is 17.9 Å². The highest BCUT2D eigenvalue weighted by atomic mass is 16.5. The molecule has 1 fully saturated rings. The predicted molar refractivity (Wildman–Crippen MR) is 128 cm³/mol. The van der Waals surface area contributed by atoms with Gasteiger partial charge in [0.05, 0.1) is 0 Å². The van der Waals surface area contributed by atoms with E-state index in [1.807, 2.05) is 24.3 Å². The fourth-order valence-electron chi connectivity index (χ4n) is 4.99. The second-order valence-corrected chi connectivity index (χ2v) is 8.94. The molecule has 1 saturated carbocycles. The lowest BCUT2D eigenvalue weighted by Gasteiger charge is -2.18. The molecule has 7 heteroatoms. The van der Waals surface area contributed by atoms with Crippen LogP contribution in [0.2, 0.25) is 0 Å². The number of nitrogens with one attached hydrogen (secondary N) is 2. The number of carbonyl (C=O) groups is 3. The van der Waals surface area contributed by atoms with Crippen molar-refractivity contribution in [1.82, 2.24) is 10.6 Å². The lowest BCUT2D eigenvalue weighted by molar-refractivity contribution is -0.142. The Morgan fingerprint density at radius 2 is 1.71 bits per heavy atom.